The van der Waals surface area contributed by atoms with Gasteiger partial charge in [0.15, 0.2) is 0 Å². The fourth-order valence-electron chi connectivity index (χ4n) is 2.34. The Morgan fingerprint density at radius 1 is 1.00 bits per heavy atom. The molecule has 0 spiro atoms. The van der Waals surface area contributed by atoms with Crippen molar-refractivity contribution >= 4 is 10.0 Å². The van der Waals surface area contributed by atoms with E-state index >= 15 is 0 Å². The number of hydrogen-bond donors (Lipinski definition) is 1. The number of sulfonamides is 1. The van der Waals surface area contributed by atoms with Gasteiger partial charge in [0, 0.05) is 20.3 Å². The zero-order valence-electron chi connectivity index (χ0n) is 15.1. The Kier molecular flexibility index (Phi) is 8.06. The van der Waals surface area contributed by atoms with Crippen molar-refractivity contribution in [2.45, 2.75) is 25.0 Å². The summed E-state index contributed by atoms with van der Waals surface area (Å²) in [4.78, 5) is 0.197. The largest absolute Gasteiger partial charge is 0.491 e. The number of hydrogen-bond acceptors (Lipinski definition) is 5. The van der Waals surface area contributed by atoms with Gasteiger partial charge in [0.2, 0.25) is 10.0 Å². The van der Waals surface area contributed by atoms with Crippen LogP contribution in [0.25, 0.3) is 0 Å². The van der Waals surface area contributed by atoms with Crippen LogP contribution in [-0.4, -0.2) is 35.3 Å². The molecule has 0 atom stereocenters. The molecule has 142 valence electrons. The highest BCUT2D eigenvalue weighted by Gasteiger charge is 2.13. The summed E-state index contributed by atoms with van der Waals surface area (Å²) >= 11 is 0. The molecule has 26 heavy (non-hydrogen) atoms. The molecule has 0 fully saturated rings. The molecule has 0 saturated carbocycles. The van der Waals surface area contributed by atoms with Gasteiger partial charge in [-0.1, -0.05) is 24.3 Å². The average molecular weight is 379 g/mol. The lowest BCUT2D eigenvalue weighted by atomic mass is 10.1. The van der Waals surface area contributed by atoms with Crippen LogP contribution in [0.1, 0.15) is 18.1 Å². The summed E-state index contributed by atoms with van der Waals surface area (Å²) in [6.07, 6.45) is 0. The van der Waals surface area contributed by atoms with Crippen molar-refractivity contribution in [3.8, 4) is 5.75 Å². The Bertz CT molecular complexity index is 775. The normalized spacial score (nSPS) is 11.5. The topological polar surface area (TPSA) is 73.9 Å². The van der Waals surface area contributed by atoms with Gasteiger partial charge in [-0.3, -0.25) is 0 Å². The molecule has 0 unspecified atom stereocenters. The maximum atomic E-state index is 12.4. The first kappa shape index (κ1) is 20.4. The lowest BCUT2D eigenvalue weighted by molar-refractivity contribution is 0.110. The van der Waals surface area contributed by atoms with E-state index in [9.17, 15) is 8.42 Å². The predicted molar refractivity (Wildman–Crippen MR) is 99.6 cm³/mol. The van der Waals surface area contributed by atoms with E-state index in [0.29, 0.717) is 32.2 Å². The molecular formula is C19H25NO5S. The van der Waals surface area contributed by atoms with E-state index in [0.717, 1.165) is 11.1 Å². The van der Waals surface area contributed by atoms with Crippen molar-refractivity contribution in [1.82, 2.24) is 4.72 Å². The number of benzene rings is 2. The van der Waals surface area contributed by atoms with Crippen molar-refractivity contribution in [1.29, 1.82) is 0 Å². The maximum Gasteiger partial charge on any atom is 0.240 e. The standard InChI is InChI=1S/C19H25NO5S/c1-3-24-11-12-25-18-7-9-19(10-8-18)26(21,22)20-14-16-5-4-6-17(13-16)15-23-2/h4-10,13,20H,3,11-12,14-15H2,1-2H3. The SMILES string of the molecule is CCOCCOc1ccc(S(=O)(=O)NCc2cccc(COC)c2)cc1. The number of ether oxygens (including phenoxy) is 3. The molecule has 0 aliphatic heterocycles. The fraction of sp³-hybridized carbons (Fsp3) is 0.368. The molecular weight excluding hydrogens is 354 g/mol. The number of nitrogens with one attached hydrogen (secondary N) is 1. The highest BCUT2D eigenvalue weighted by Crippen LogP contribution is 2.16. The third-order valence-corrected chi connectivity index (χ3v) is 5.02. The van der Waals surface area contributed by atoms with Gasteiger partial charge in [0.1, 0.15) is 12.4 Å². The van der Waals surface area contributed by atoms with Gasteiger partial charge in [-0.15, -0.1) is 0 Å². The Labute approximate surface area is 155 Å². The third-order valence-electron chi connectivity index (χ3n) is 3.60. The minimum atomic E-state index is -3.59. The van der Waals surface area contributed by atoms with Crippen molar-refractivity contribution in [3.05, 3.63) is 59.7 Å². The Morgan fingerprint density at radius 2 is 1.73 bits per heavy atom. The van der Waals surface area contributed by atoms with Gasteiger partial charge in [0.05, 0.1) is 18.1 Å². The number of rotatable bonds is 11. The monoisotopic (exact) mass is 379 g/mol. The molecule has 0 saturated heterocycles. The molecule has 0 aliphatic carbocycles. The van der Waals surface area contributed by atoms with E-state index in [1.165, 1.54) is 12.1 Å². The second-order valence-electron chi connectivity index (χ2n) is 5.59. The minimum Gasteiger partial charge on any atom is -0.491 e. The molecule has 2 aromatic carbocycles. The molecule has 7 heteroatoms. The first-order valence-corrected chi connectivity index (χ1v) is 9.90. The molecule has 1 N–H and O–H groups in total. The van der Waals surface area contributed by atoms with Crippen LogP contribution in [0, 0.1) is 0 Å². The van der Waals surface area contributed by atoms with Crippen LogP contribution in [0.5, 0.6) is 5.75 Å². The van der Waals surface area contributed by atoms with Gasteiger partial charge < -0.3 is 14.2 Å². The summed E-state index contributed by atoms with van der Waals surface area (Å²) in [7, 11) is -1.97. The van der Waals surface area contributed by atoms with Crippen molar-refractivity contribution in [2.75, 3.05) is 26.9 Å². The van der Waals surface area contributed by atoms with Gasteiger partial charge in [0.25, 0.3) is 0 Å². The predicted octanol–water partition coefficient (Wildman–Crippen LogP) is 2.73. The molecule has 0 radical (unpaired) electrons. The maximum absolute atomic E-state index is 12.4. The summed E-state index contributed by atoms with van der Waals surface area (Å²) in [5.41, 5.74) is 1.87. The second kappa shape index (κ2) is 10.3. The Morgan fingerprint density at radius 3 is 2.42 bits per heavy atom. The summed E-state index contributed by atoms with van der Waals surface area (Å²) in [5.74, 6) is 0.607. The quantitative estimate of drug-likeness (QED) is 0.608. The molecule has 0 amide bonds. The van der Waals surface area contributed by atoms with Crippen LogP contribution in [0.15, 0.2) is 53.4 Å². The van der Waals surface area contributed by atoms with Crippen LogP contribution in [0.2, 0.25) is 0 Å². The molecule has 6 nitrogen and oxygen atoms in total. The van der Waals surface area contributed by atoms with E-state index in [1.807, 2.05) is 31.2 Å². The Hall–Kier alpha value is -1.93. The highest BCUT2D eigenvalue weighted by atomic mass is 32.2. The molecule has 0 bridgehead atoms. The van der Waals surface area contributed by atoms with Gasteiger partial charge >= 0.3 is 0 Å². The van der Waals surface area contributed by atoms with E-state index in [1.54, 1.807) is 19.2 Å². The van der Waals surface area contributed by atoms with Crippen LogP contribution in [-0.2, 0) is 32.6 Å². The Balaban J connectivity index is 1.93. The first-order valence-electron chi connectivity index (χ1n) is 8.42. The lowest BCUT2D eigenvalue weighted by Crippen LogP contribution is -2.23. The summed E-state index contributed by atoms with van der Waals surface area (Å²) in [5, 5.41) is 0. The molecule has 2 aromatic rings. The number of methoxy groups -OCH3 is 1. The van der Waals surface area contributed by atoms with Crippen LogP contribution < -0.4 is 9.46 Å². The second-order valence-corrected chi connectivity index (χ2v) is 7.36. The minimum absolute atomic E-state index is 0.197. The van der Waals surface area contributed by atoms with E-state index < -0.39 is 10.0 Å². The van der Waals surface area contributed by atoms with Gasteiger partial charge in [-0.2, -0.15) is 0 Å². The van der Waals surface area contributed by atoms with Crippen molar-refractivity contribution in [2.24, 2.45) is 0 Å². The zero-order valence-corrected chi connectivity index (χ0v) is 15.9. The van der Waals surface area contributed by atoms with Crippen LogP contribution >= 0.6 is 0 Å². The van der Waals surface area contributed by atoms with E-state index in [2.05, 4.69) is 4.72 Å². The van der Waals surface area contributed by atoms with E-state index in [-0.39, 0.29) is 11.4 Å². The van der Waals surface area contributed by atoms with Crippen molar-refractivity contribution < 1.29 is 22.6 Å². The molecule has 0 heterocycles. The van der Waals surface area contributed by atoms with Crippen LogP contribution in [0.3, 0.4) is 0 Å². The fourth-order valence-corrected chi connectivity index (χ4v) is 3.35. The zero-order chi connectivity index (χ0) is 18.8. The molecule has 0 aromatic heterocycles. The molecule has 0 aliphatic rings. The summed E-state index contributed by atoms with van der Waals surface area (Å²) < 4.78 is 43.2. The van der Waals surface area contributed by atoms with Crippen LogP contribution in [0.4, 0.5) is 0 Å². The smallest absolute Gasteiger partial charge is 0.240 e. The third kappa shape index (κ3) is 6.42. The first-order chi connectivity index (χ1) is 12.5. The van der Waals surface area contributed by atoms with Gasteiger partial charge in [-0.05, 0) is 42.3 Å². The van der Waals surface area contributed by atoms with Gasteiger partial charge in [-0.25, -0.2) is 13.1 Å². The van der Waals surface area contributed by atoms with E-state index in [4.69, 9.17) is 14.2 Å². The van der Waals surface area contributed by atoms with Crippen molar-refractivity contribution in [3.63, 3.8) is 0 Å². The summed E-state index contributed by atoms with van der Waals surface area (Å²) in [6.45, 7) is 4.19. The average Bonchev–Trinajstić information content (AvgIpc) is 2.65. The highest BCUT2D eigenvalue weighted by molar-refractivity contribution is 7.89. The molecule has 2 rings (SSSR count). The summed E-state index contributed by atoms with van der Waals surface area (Å²) in [6, 6.07) is 13.9. The lowest BCUT2D eigenvalue weighted by Gasteiger charge is -2.10.